The summed E-state index contributed by atoms with van der Waals surface area (Å²) >= 11 is 0. The van der Waals surface area contributed by atoms with Crippen molar-refractivity contribution in [3.63, 3.8) is 0 Å². The fourth-order valence-corrected chi connectivity index (χ4v) is 9.57. The summed E-state index contributed by atoms with van der Waals surface area (Å²) in [7, 11) is 0. The first kappa shape index (κ1) is 21.7. The van der Waals surface area contributed by atoms with Crippen LogP contribution in [0.3, 0.4) is 0 Å². The largest absolute Gasteiger partial charge is 0.481 e. The van der Waals surface area contributed by atoms with Gasteiger partial charge in [-0.1, -0.05) is 47.0 Å². The molecule has 166 valence electrons. The van der Waals surface area contributed by atoms with Crippen molar-refractivity contribution in [2.45, 2.75) is 104 Å². The van der Waals surface area contributed by atoms with E-state index in [4.69, 9.17) is 5.11 Å². The first-order valence-electron chi connectivity index (χ1n) is 12.6. The smallest absolute Gasteiger partial charge is 0.303 e. The fourth-order valence-electron chi connectivity index (χ4n) is 9.57. The second kappa shape index (κ2) is 7.84. The summed E-state index contributed by atoms with van der Waals surface area (Å²) in [6.07, 6.45) is 12.5. The maximum Gasteiger partial charge on any atom is 0.303 e. The minimum absolute atomic E-state index is 0.126. The van der Waals surface area contributed by atoms with Gasteiger partial charge in [0.2, 0.25) is 0 Å². The molecule has 0 aromatic carbocycles. The molecular weight excluding hydrogens is 360 g/mol. The normalized spacial score (nSPS) is 50.3. The van der Waals surface area contributed by atoms with E-state index in [0.717, 1.165) is 12.8 Å². The molecule has 0 radical (unpaired) electrons. The van der Waals surface area contributed by atoms with Crippen LogP contribution in [0.15, 0.2) is 0 Å². The van der Waals surface area contributed by atoms with Crippen LogP contribution in [0, 0.1) is 52.3 Å². The molecule has 3 nitrogen and oxygen atoms in total. The molecular formula is C26H44O3. The van der Waals surface area contributed by atoms with Crippen LogP contribution in [0.4, 0.5) is 0 Å². The summed E-state index contributed by atoms with van der Waals surface area (Å²) in [5.74, 6) is 3.41. The van der Waals surface area contributed by atoms with Crippen LogP contribution in [-0.4, -0.2) is 22.3 Å². The topological polar surface area (TPSA) is 57.5 Å². The van der Waals surface area contributed by atoms with Gasteiger partial charge in [-0.05, 0) is 97.2 Å². The van der Waals surface area contributed by atoms with Gasteiger partial charge >= 0.3 is 5.97 Å². The molecule has 2 unspecified atom stereocenters. The highest BCUT2D eigenvalue weighted by Crippen LogP contribution is 2.69. The van der Waals surface area contributed by atoms with Gasteiger partial charge in [0.25, 0.3) is 0 Å². The van der Waals surface area contributed by atoms with Crippen LogP contribution in [-0.2, 0) is 4.79 Å². The Morgan fingerprint density at radius 2 is 1.72 bits per heavy atom. The summed E-state index contributed by atoms with van der Waals surface area (Å²) in [6, 6.07) is 0. The molecule has 0 aromatic heterocycles. The molecule has 2 N–H and O–H groups in total. The van der Waals surface area contributed by atoms with Gasteiger partial charge in [-0.25, -0.2) is 0 Å². The average Bonchev–Trinajstić information content (AvgIpc) is 3.04. The van der Waals surface area contributed by atoms with Crippen LogP contribution in [0.2, 0.25) is 0 Å². The molecule has 0 spiro atoms. The average molecular weight is 405 g/mol. The van der Waals surface area contributed by atoms with Crippen molar-refractivity contribution in [1.82, 2.24) is 0 Å². The highest BCUT2D eigenvalue weighted by Gasteiger charge is 2.64. The number of carboxylic acid groups (broad SMARTS) is 1. The predicted octanol–water partition coefficient (Wildman–Crippen LogP) is 6.14. The lowest BCUT2D eigenvalue weighted by atomic mass is 9.41. The third-order valence-corrected chi connectivity index (χ3v) is 10.9. The number of fused-ring (bicyclic) bond motifs is 5. The summed E-state index contributed by atoms with van der Waals surface area (Å²) in [4.78, 5) is 11.1. The van der Waals surface area contributed by atoms with Gasteiger partial charge in [0.15, 0.2) is 0 Å². The monoisotopic (exact) mass is 404 g/mol. The van der Waals surface area contributed by atoms with Crippen molar-refractivity contribution in [3.05, 3.63) is 0 Å². The maximum absolute atomic E-state index is 11.7. The summed E-state index contributed by atoms with van der Waals surface area (Å²) < 4.78 is 0. The van der Waals surface area contributed by atoms with E-state index in [2.05, 4.69) is 27.7 Å². The second-order valence-electron chi connectivity index (χ2n) is 11.8. The van der Waals surface area contributed by atoms with Gasteiger partial charge in [-0.15, -0.1) is 0 Å². The molecule has 0 amide bonds. The van der Waals surface area contributed by atoms with Crippen LogP contribution in [0.25, 0.3) is 0 Å². The van der Waals surface area contributed by atoms with Crippen LogP contribution >= 0.6 is 0 Å². The quantitative estimate of drug-likeness (QED) is 0.578. The number of hydrogen-bond acceptors (Lipinski definition) is 2. The third kappa shape index (κ3) is 3.29. The maximum atomic E-state index is 11.7. The van der Waals surface area contributed by atoms with E-state index in [-0.39, 0.29) is 11.5 Å². The van der Waals surface area contributed by atoms with Gasteiger partial charge in [-0.2, -0.15) is 0 Å². The Bertz CT molecular complexity index is 617. The number of hydrogen-bond donors (Lipinski definition) is 2. The van der Waals surface area contributed by atoms with Crippen LogP contribution < -0.4 is 0 Å². The Balaban J connectivity index is 1.61. The standard InChI is InChI=1S/C26H44O3/c1-5-17-19-8-6-7-14-25(19,3)21-13-15-26(4)18(16(2)9-12-22(27)28)10-11-20(26)23(21)24(17)29/h16-21,23-24,29H,5-15H2,1-4H3,(H,27,28)/t16-,17?,18-,19?,20+,21+,23+,24-,25+,26-/m1/s1. The molecule has 4 aliphatic carbocycles. The number of aliphatic carboxylic acids is 1. The van der Waals surface area contributed by atoms with E-state index in [1.165, 1.54) is 51.4 Å². The summed E-state index contributed by atoms with van der Waals surface area (Å²) in [5, 5.41) is 20.9. The SMILES string of the molecule is CCC1C2CCCC[C@]2(C)[C@H]2CC[C@]3(C)[C@@H]([C@H](C)CCC(=O)O)CC[C@H]3[C@@H]2[C@@H]1O. The zero-order valence-electron chi connectivity index (χ0n) is 19.2. The number of aliphatic hydroxyl groups excluding tert-OH is 1. The zero-order valence-corrected chi connectivity index (χ0v) is 19.2. The van der Waals surface area contributed by atoms with E-state index in [1.54, 1.807) is 0 Å². The lowest BCUT2D eigenvalue weighted by molar-refractivity contribution is -0.194. The zero-order chi connectivity index (χ0) is 21.0. The Morgan fingerprint density at radius 1 is 1.00 bits per heavy atom. The highest BCUT2D eigenvalue weighted by atomic mass is 16.4. The first-order valence-corrected chi connectivity index (χ1v) is 12.6. The molecule has 29 heavy (non-hydrogen) atoms. The Morgan fingerprint density at radius 3 is 2.41 bits per heavy atom. The lowest BCUT2D eigenvalue weighted by Crippen LogP contribution is -2.61. The van der Waals surface area contributed by atoms with Crippen molar-refractivity contribution >= 4 is 5.97 Å². The summed E-state index contributed by atoms with van der Waals surface area (Å²) in [5.41, 5.74) is 0.716. The molecule has 0 aliphatic heterocycles. The van der Waals surface area contributed by atoms with Crippen molar-refractivity contribution in [2.24, 2.45) is 52.3 Å². The van der Waals surface area contributed by atoms with Crippen LogP contribution in [0.1, 0.15) is 98.3 Å². The van der Waals surface area contributed by atoms with Gasteiger partial charge in [0.1, 0.15) is 0 Å². The number of carbonyl (C=O) groups is 1. The minimum Gasteiger partial charge on any atom is -0.481 e. The molecule has 4 rings (SSSR count). The molecule has 0 heterocycles. The van der Waals surface area contributed by atoms with E-state index in [9.17, 15) is 9.90 Å². The number of aliphatic hydroxyl groups is 1. The fraction of sp³-hybridized carbons (Fsp3) is 0.962. The Labute approximate surface area is 178 Å². The van der Waals surface area contributed by atoms with Crippen LogP contribution in [0.5, 0.6) is 0 Å². The van der Waals surface area contributed by atoms with Gasteiger partial charge in [0, 0.05) is 6.42 Å². The van der Waals surface area contributed by atoms with Gasteiger partial charge in [0.05, 0.1) is 6.10 Å². The molecule has 0 saturated heterocycles. The highest BCUT2D eigenvalue weighted by molar-refractivity contribution is 5.66. The molecule has 0 bridgehead atoms. The lowest BCUT2D eigenvalue weighted by Gasteiger charge is -2.64. The molecule has 4 aliphatic rings. The molecule has 4 fully saturated rings. The second-order valence-corrected chi connectivity index (χ2v) is 11.8. The Hall–Kier alpha value is -0.570. The number of carboxylic acids is 1. The first-order chi connectivity index (χ1) is 13.7. The van der Waals surface area contributed by atoms with E-state index in [1.807, 2.05) is 0 Å². The van der Waals surface area contributed by atoms with Crippen molar-refractivity contribution < 1.29 is 15.0 Å². The van der Waals surface area contributed by atoms with E-state index in [0.29, 0.717) is 53.3 Å². The molecule has 4 saturated carbocycles. The van der Waals surface area contributed by atoms with E-state index >= 15 is 0 Å². The van der Waals surface area contributed by atoms with Crippen molar-refractivity contribution in [1.29, 1.82) is 0 Å². The minimum atomic E-state index is -0.662. The Kier molecular flexibility index (Phi) is 5.86. The van der Waals surface area contributed by atoms with Crippen molar-refractivity contribution in [3.8, 4) is 0 Å². The van der Waals surface area contributed by atoms with Gasteiger partial charge in [-0.3, -0.25) is 4.79 Å². The molecule has 3 heteroatoms. The molecule has 10 atom stereocenters. The van der Waals surface area contributed by atoms with E-state index < -0.39 is 5.97 Å². The van der Waals surface area contributed by atoms with Gasteiger partial charge < -0.3 is 10.2 Å². The number of rotatable bonds is 5. The van der Waals surface area contributed by atoms with Crippen molar-refractivity contribution in [2.75, 3.05) is 0 Å². The summed E-state index contributed by atoms with van der Waals surface area (Å²) in [6.45, 7) is 9.69. The predicted molar refractivity (Wildman–Crippen MR) is 116 cm³/mol. The third-order valence-electron chi connectivity index (χ3n) is 10.9. The molecule has 0 aromatic rings.